The number of nitrogens with zero attached hydrogens (tertiary/aromatic N) is 3. The maximum absolute atomic E-state index is 13.3. The number of hydrogen-bond acceptors (Lipinski definition) is 7. The van der Waals surface area contributed by atoms with Crippen LogP contribution >= 0.6 is 11.3 Å². The van der Waals surface area contributed by atoms with Gasteiger partial charge in [0.2, 0.25) is 5.95 Å². The molecule has 0 radical (unpaired) electrons. The second-order valence-electron chi connectivity index (χ2n) is 8.96. The van der Waals surface area contributed by atoms with Crippen molar-refractivity contribution in [1.82, 2.24) is 25.2 Å². The van der Waals surface area contributed by atoms with Crippen molar-refractivity contribution in [3.8, 4) is 11.1 Å². The molecule has 0 unspecified atom stereocenters. The molecule has 3 heterocycles. The van der Waals surface area contributed by atoms with Crippen LogP contribution in [0, 0.1) is 5.82 Å². The zero-order valence-electron chi connectivity index (χ0n) is 19.5. The van der Waals surface area contributed by atoms with E-state index >= 15 is 0 Å². The van der Waals surface area contributed by atoms with Gasteiger partial charge in [0.25, 0.3) is 11.8 Å². The number of aromatic nitrogens is 3. The second kappa shape index (κ2) is 9.32. The van der Waals surface area contributed by atoms with Gasteiger partial charge in [0.15, 0.2) is 5.65 Å². The lowest BCUT2D eigenvalue weighted by atomic mass is 10.0. The van der Waals surface area contributed by atoms with Crippen LogP contribution in [-0.2, 0) is 0 Å². The first-order valence-electron chi connectivity index (χ1n) is 11.6. The van der Waals surface area contributed by atoms with E-state index in [9.17, 15) is 19.1 Å². The van der Waals surface area contributed by atoms with E-state index in [0.717, 1.165) is 11.1 Å². The molecule has 3 aromatic heterocycles. The number of rotatable bonds is 8. The van der Waals surface area contributed by atoms with Gasteiger partial charge in [-0.05, 0) is 60.0 Å². The first-order chi connectivity index (χ1) is 17.3. The highest BCUT2D eigenvalue weighted by Crippen LogP contribution is 2.35. The normalized spacial score (nSPS) is 15.0. The largest absolute Gasteiger partial charge is 0.394 e. The van der Waals surface area contributed by atoms with Crippen molar-refractivity contribution >= 4 is 34.7 Å². The van der Waals surface area contributed by atoms with E-state index < -0.39 is 5.54 Å². The SMILES string of the molecule is CC[C@H](NC(=O)c1cc(-c2cc(C(=O)NC3(CO)CC3)c3nc(N)nn3c2)cs1)c1ccc(F)cc1. The summed E-state index contributed by atoms with van der Waals surface area (Å²) in [6.07, 6.45) is 3.76. The molecule has 9 nitrogen and oxygen atoms in total. The van der Waals surface area contributed by atoms with E-state index in [1.165, 1.54) is 28.0 Å². The Morgan fingerprint density at radius 2 is 1.97 bits per heavy atom. The highest BCUT2D eigenvalue weighted by atomic mass is 32.1. The molecule has 2 amide bonds. The third-order valence-electron chi connectivity index (χ3n) is 6.37. The van der Waals surface area contributed by atoms with Crippen LogP contribution in [0.3, 0.4) is 0 Å². The number of halogens is 1. The summed E-state index contributed by atoms with van der Waals surface area (Å²) >= 11 is 1.28. The molecule has 0 saturated heterocycles. The van der Waals surface area contributed by atoms with Crippen LogP contribution in [-0.4, -0.2) is 43.7 Å². The van der Waals surface area contributed by atoms with Gasteiger partial charge in [0.05, 0.1) is 28.6 Å². The maximum Gasteiger partial charge on any atom is 0.261 e. The highest BCUT2D eigenvalue weighted by Gasteiger charge is 2.43. The van der Waals surface area contributed by atoms with Gasteiger partial charge >= 0.3 is 0 Å². The standard InChI is InChI=1S/C25H25FN6O3S/c1-2-19(14-3-5-17(26)6-4-14)28-23(35)20-10-16(12-36-20)15-9-18(21-29-24(27)31-32(21)11-15)22(34)30-25(13-33)7-8-25/h3-6,9-12,19,33H,2,7-8,13H2,1H3,(H2,27,31)(H,28,35)(H,30,34)/t19-/m0/s1. The van der Waals surface area contributed by atoms with Crippen LogP contribution in [0.15, 0.2) is 48.0 Å². The van der Waals surface area contributed by atoms with Gasteiger partial charge in [-0.3, -0.25) is 9.59 Å². The number of hydrogen-bond donors (Lipinski definition) is 4. The Morgan fingerprint density at radius 3 is 2.64 bits per heavy atom. The fourth-order valence-electron chi connectivity index (χ4n) is 4.06. The fourth-order valence-corrected chi connectivity index (χ4v) is 4.88. The molecule has 186 valence electrons. The van der Waals surface area contributed by atoms with Crippen molar-refractivity contribution in [2.75, 3.05) is 12.3 Å². The number of aliphatic hydroxyl groups is 1. The summed E-state index contributed by atoms with van der Waals surface area (Å²) in [6.45, 7) is 1.81. The van der Waals surface area contributed by atoms with Crippen LogP contribution in [0.5, 0.6) is 0 Å². The van der Waals surface area contributed by atoms with Crippen molar-refractivity contribution in [3.05, 3.63) is 69.8 Å². The third-order valence-corrected chi connectivity index (χ3v) is 7.30. The zero-order chi connectivity index (χ0) is 25.4. The molecule has 0 bridgehead atoms. The lowest BCUT2D eigenvalue weighted by Gasteiger charge is -2.17. The van der Waals surface area contributed by atoms with Gasteiger partial charge < -0.3 is 21.5 Å². The summed E-state index contributed by atoms with van der Waals surface area (Å²) in [5.74, 6) is -0.920. The molecule has 5 rings (SSSR count). The number of fused-ring (bicyclic) bond motifs is 1. The molecular weight excluding hydrogens is 483 g/mol. The summed E-state index contributed by atoms with van der Waals surface area (Å²) in [5, 5.41) is 21.5. The fraction of sp³-hybridized carbons (Fsp3) is 0.280. The number of carbonyl (C=O) groups excluding carboxylic acids is 2. The smallest absolute Gasteiger partial charge is 0.261 e. The van der Waals surface area contributed by atoms with Crippen LogP contribution in [0.25, 0.3) is 16.8 Å². The number of pyridine rings is 1. The maximum atomic E-state index is 13.3. The number of carbonyl (C=O) groups is 2. The van der Waals surface area contributed by atoms with Crippen molar-refractivity contribution < 1.29 is 19.1 Å². The number of thiophene rings is 1. The van der Waals surface area contributed by atoms with E-state index in [0.29, 0.717) is 35.4 Å². The van der Waals surface area contributed by atoms with Crippen LogP contribution in [0.2, 0.25) is 0 Å². The average molecular weight is 509 g/mol. The number of nitrogens with two attached hydrogens (primary N) is 1. The summed E-state index contributed by atoms with van der Waals surface area (Å²) in [4.78, 5) is 30.7. The minimum absolute atomic E-state index is 0.0290. The quantitative estimate of drug-likeness (QED) is 0.288. The van der Waals surface area contributed by atoms with Crippen LogP contribution in [0.1, 0.15) is 57.8 Å². The van der Waals surface area contributed by atoms with Gasteiger partial charge in [-0.15, -0.1) is 16.4 Å². The molecule has 5 N–H and O–H groups in total. The first kappa shape index (κ1) is 23.9. The molecule has 0 spiro atoms. The predicted octanol–water partition coefficient (Wildman–Crippen LogP) is 3.31. The topological polar surface area (TPSA) is 135 Å². The zero-order valence-corrected chi connectivity index (χ0v) is 20.3. The number of anilines is 1. The van der Waals surface area contributed by atoms with Crippen LogP contribution in [0.4, 0.5) is 10.3 Å². The molecular formula is C25H25FN6O3S. The lowest BCUT2D eigenvalue weighted by molar-refractivity contribution is 0.0906. The molecule has 4 aromatic rings. The Hall–Kier alpha value is -3.83. The average Bonchev–Trinajstić information content (AvgIpc) is 3.27. The third kappa shape index (κ3) is 4.67. The Labute approximate surface area is 210 Å². The first-order valence-corrected chi connectivity index (χ1v) is 12.4. The van der Waals surface area contributed by atoms with Gasteiger partial charge in [-0.2, -0.15) is 4.98 Å². The monoisotopic (exact) mass is 508 g/mol. The number of aliphatic hydroxyl groups excluding tert-OH is 1. The highest BCUT2D eigenvalue weighted by molar-refractivity contribution is 7.12. The van der Waals surface area contributed by atoms with Gasteiger partial charge in [-0.25, -0.2) is 8.91 Å². The minimum Gasteiger partial charge on any atom is -0.394 e. The number of nitrogen functional groups attached to an aromatic ring is 1. The molecule has 1 atom stereocenters. The van der Waals surface area contributed by atoms with E-state index in [-0.39, 0.29) is 41.8 Å². The second-order valence-corrected chi connectivity index (χ2v) is 9.87. The minimum atomic E-state index is -0.594. The molecule has 1 fully saturated rings. The Balaban J connectivity index is 1.41. The number of benzene rings is 1. The van der Waals surface area contributed by atoms with Crippen LogP contribution < -0.4 is 16.4 Å². The lowest BCUT2D eigenvalue weighted by Crippen LogP contribution is -2.39. The van der Waals surface area contributed by atoms with E-state index in [4.69, 9.17) is 5.73 Å². The van der Waals surface area contributed by atoms with Crippen molar-refractivity contribution in [1.29, 1.82) is 0 Å². The summed E-state index contributed by atoms with van der Waals surface area (Å²) in [7, 11) is 0. The molecule has 36 heavy (non-hydrogen) atoms. The predicted molar refractivity (Wildman–Crippen MR) is 134 cm³/mol. The van der Waals surface area contributed by atoms with Gasteiger partial charge in [0, 0.05) is 11.8 Å². The molecule has 1 aliphatic rings. The van der Waals surface area contributed by atoms with E-state index in [2.05, 4.69) is 20.7 Å². The summed E-state index contributed by atoms with van der Waals surface area (Å²) in [5.41, 5.74) is 7.99. The Kier molecular flexibility index (Phi) is 6.19. The van der Waals surface area contributed by atoms with Crippen molar-refractivity contribution in [2.24, 2.45) is 0 Å². The summed E-state index contributed by atoms with van der Waals surface area (Å²) < 4.78 is 14.7. The molecule has 0 aliphatic heterocycles. The molecule has 11 heteroatoms. The number of amides is 2. The molecule has 1 aromatic carbocycles. The van der Waals surface area contributed by atoms with E-state index in [1.807, 2.05) is 12.3 Å². The Morgan fingerprint density at radius 1 is 1.22 bits per heavy atom. The van der Waals surface area contributed by atoms with Crippen molar-refractivity contribution in [3.63, 3.8) is 0 Å². The Bertz CT molecular complexity index is 1440. The summed E-state index contributed by atoms with van der Waals surface area (Å²) in [6, 6.07) is 9.25. The van der Waals surface area contributed by atoms with Crippen molar-refractivity contribution in [2.45, 2.75) is 37.8 Å². The molecule has 1 saturated carbocycles. The number of nitrogens with one attached hydrogen (secondary N) is 2. The van der Waals surface area contributed by atoms with E-state index in [1.54, 1.807) is 30.5 Å². The molecule has 1 aliphatic carbocycles. The van der Waals surface area contributed by atoms with Gasteiger partial charge in [0.1, 0.15) is 5.82 Å². The van der Waals surface area contributed by atoms with Gasteiger partial charge in [-0.1, -0.05) is 19.1 Å².